The third-order valence-corrected chi connectivity index (χ3v) is 15.2. The van der Waals surface area contributed by atoms with Crippen LogP contribution < -0.4 is 70.6 Å². The molecule has 12 amide bonds. The molecule has 2 aliphatic rings. The zero-order valence-electron chi connectivity index (χ0n) is 50.1. The zero-order chi connectivity index (χ0) is 64.8. The summed E-state index contributed by atoms with van der Waals surface area (Å²) in [5, 5.41) is 41.9. The molecule has 0 bridgehead atoms. The number of urea groups is 1. The molecule has 5 rings (SSSR count). The topological polar surface area (TPSA) is 458 Å². The van der Waals surface area contributed by atoms with Crippen molar-refractivity contribution in [1.82, 2.24) is 63.3 Å². The molecule has 0 radical (unpaired) electrons. The summed E-state index contributed by atoms with van der Waals surface area (Å²) >= 11 is 0. The van der Waals surface area contributed by atoms with Gasteiger partial charge >= 0.3 is 6.03 Å². The van der Waals surface area contributed by atoms with E-state index >= 15 is 4.39 Å². The van der Waals surface area contributed by atoms with E-state index in [4.69, 9.17) is 17.2 Å². The number of nitrogens with zero attached hydrogens (tertiary/aromatic N) is 2. The third kappa shape index (κ3) is 21.7. The molecular formula is C58H85FN16O13. The number of hydrazine groups is 1. The van der Waals surface area contributed by atoms with Crippen molar-refractivity contribution >= 4 is 82.0 Å². The molecule has 29 nitrogen and oxygen atoms in total. The van der Waals surface area contributed by atoms with Gasteiger partial charge in [0, 0.05) is 56.9 Å². The molecule has 2 heterocycles. The minimum atomic E-state index is -1.86. The molecule has 19 N–H and O–H groups in total. The maximum atomic E-state index is 15.1. The van der Waals surface area contributed by atoms with Crippen LogP contribution in [0.1, 0.15) is 109 Å². The number of aromatic hydroxyl groups is 1. The molecule has 1 unspecified atom stereocenters. The fourth-order valence-corrected chi connectivity index (χ4v) is 10.6. The minimum absolute atomic E-state index is 0.0218. The van der Waals surface area contributed by atoms with Crippen molar-refractivity contribution in [2.45, 2.75) is 172 Å². The Hall–Kier alpha value is -9.09. The van der Waals surface area contributed by atoms with Gasteiger partial charge in [0.15, 0.2) is 5.96 Å². The average Bonchev–Trinajstić information content (AvgIpc) is 2.76. The number of nitrogens with two attached hydrogens (primary N) is 3. The number of rotatable bonds is 30. The maximum Gasteiger partial charge on any atom is 0.334 e. The molecule has 1 saturated carbocycles. The van der Waals surface area contributed by atoms with Gasteiger partial charge in [0.25, 0.3) is 5.91 Å². The van der Waals surface area contributed by atoms with E-state index in [1.807, 2.05) is 24.3 Å². The lowest BCUT2D eigenvalue weighted by atomic mass is 9.84. The van der Waals surface area contributed by atoms with Gasteiger partial charge in [0.05, 0.1) is 19.1 Å². The molecule has 30 heteroatoms. The summed E-state index contributed by atoms with van der Waals surface area (Å²) in [4.78, 5) is 157. The van der Waals surface area contributed by atoms with Gasteiger partial charge in [-0.25, -0.2) is 14.6 Å². The average molecular weight is 1230 g/mol. The van der Waals surface area contributed by atoms with Gasteiger partial charge in [-0.2, -0.15) is 0 Å². The van der Waals surface area contributed by atoms with Crippen LogP contribution in [0.3, 0.4) is 0 Å². The second kappa shape index (κ2) is 33.7. The third-order valence-electron chi connectivity index (χ3n) is 15.2. The van der Waals surface area contributed by atoms with Crippen molar-refractivity contribution in [3.8, 4) is 5.75 Å². The summed E-state index contributed by atoms with van der Waals surface area (Å²) < 4.78 is 15.1. The molecule has 3 aromatic rings. The highest BCUT2D eigenvalue weighted by molar-refractivity contribution is 5.99. The van der Waals surface area contributed by atoms with Gasteiger partial charge in [0.1, 0.15) is 60.3 Å². The Bertz CT molecular complexity index is 2970. The number of alkyl halides is 1. The molecular weight excluding hydrogens is 1150 g/mol. The number of hydrogen-bond acceptors (Lipinski definition) is 14. The molecule has 10 atom stereocenters. The number of carbonyl (C=O) groups is 11. The number of nitrogens with one attached hydrogen (secondary N) is 11. The Morgan fingerprint density at radius 2 is 1.38 bits per heavy atom. The lowest BCUT2D eigenvalue weighted by Gasteiger charge is -2.30. The Labute approximate surface area is 508 Å². The predicted molar refractivity (Wildman–Crippen MR) is 320 cm³/mol. The van der Waals surface area contributed by atoms with E-state index in [1.165, 1.54) is 31.3 Å². The summed E-state index contributed by atoms with van der Waals surface area (Å²) in [6, 6.07) is 0.241. The van der Waals surface area contributed by atoms with E-state index < -0.39 is 145 Å². The van der Waals surface area contributed by atoms with Gasteiger partial charge < -0.3 is 79.8 Å². The number of phenolic OH excluding ortho intramolecular Hbond substituents is 1. The fraction of sp³-hybridized carbons (Fsp3) is 0.552. The summed E-state index contributed by atoms with van der Waals surface area (Å²) in [6.45, 7) is 5.52. The first-order valence-corrected chi connectivity index (χ1v) is 29.4. The van der Waals surface area contributed by atoms with Crippen molar-refractivity contribution in [2.75, 3.05) is 20.1 Å². The summed E-state index contributed by atoms with van der Waals surface area (Å²) in [6.07, 6.45) is 1.06. The maximum absolute atomic E-state index is 15.1. The van der Waals surface area contributed by atoms with Gasteiger partial charge in [-0.05, 0) is 73.8 Å². The highest BCUT2D eigenvalue weighted by Crippen LogP contribution is 2.28. The number of aromatic nitrogens is 1. The first-order valence-electron chi connectivity index (χ1n) is 29.4. The Balaban J connectivity index is 1.27. The quantitative estimate of drug-likeness (QED) is 0.0153. The molecule has 1 aromatic heterocycles. The van der Waals surface area contributed by atoms with E-state index in [2.05, 4.69) is 63.4 Å². The molecule has 2 fully saturated rings. The summed E-state index contributed by atoms with van der Waals surface area (Å²) in [5.41, 5.74) is 23.5. The minimum Gasteiger partial charge on any atom is -0.508 e. The normalized spacial score (nSPS) is 18.0. The molecule has 482 valence electrons. The second-order valence-electron chi connectivity index (χ2n) is 22.8. The Morgan fingerprint density at radius 3 is 2.01 bits per heavy atom. The van der Waals surface area contributed by atoms with Gasteiger partial charge in [-0.1, -0.05) is 76.3 Å². The van der Waals surface area contributed by atoms with Crippen molar-refractivity contribution in [3.05, 3.63) is 65.9 Å². The number of aromatic amines is 1. The number of aliphatic hydroxyl groups is 1. The largest absolute Gasteiger partial charge is 0.508 e. The monoisotopic (exact) mass is 1230 g/mol. The van der Waals surface area contributed by atoms with Crippen molar-refractivity contribution < 1.29 is 67.3 Å². The summed E-state index contributed by atoms with van der Waals surface area (Å²) in [5.74, 6) is -9.55. The Morgan fingerprint density at radius 1 is 0.727 bits per heavy atom. The number of H-pyrrole nitrogens is 1. The van der Waals surface area contributed by atoms with Crippen LogP contribution in [-0.4, -0.2) is 172 Å². The van der Waals surface area contributed by atoms with Crippen LogP contribution in [0.2, 0.25) is 0 Å². The molecule has 0 spiro atoms. The number of carbonyl (C=O) groups excluding carboxylic acids is 11. The van der Waals surface area contributed by atoms with Crippen molar-refractivity contribution in [1.29, 1.82) is 0 Å². The van der Waals surface area contributed by atoms with Crippen LogP contribution in [0.15, 0.2) is 59.7 Å². The van der Waals surface area contributed by atoms with E-state index in [0.29, 0.717) is 24.0 Å². The number of halogens is 1. The second-order valence-corrected chi connectivity index (χ2v) is 22.8. The van der Waals surface area contributed by atoms with Crippen LogP contribution in [0.25, 0.3) is 10.9 Å². The van der Waals surface area contributed by atoms with Crippen molar-refractivity contribution in [3.63, 3.8) is 0 Å². The number of likely N-dealkylation sites (tertiary alicyclic amines) is 1. The lowest BCUT2D eigenvalue weighted by Crippen LogP contribution is -2.62. The standard InChI is InChI=1S/C58H85FN16O13/c1-30(2)22-42(51(82)67-40(16-11-21-64-57(62)63-5)50(81)68-41(49(61)80)25-35-28-65-39-15-10-9-14-38(35)39)71-58(88)74-73-53(84)43(23-33-12-7-6-8-13-33)70-55(86)48(31(3)76)72-52(83)44(27-47(60)79)69-54(85)46-26-36(59)29-75(46)56(87)45(66-32(4)77)24-34-17-19-37(78)20-18-34/h9-10,14-15,17-20,28,30-31,33,36,40-46,48,65,76,78H,6-8,11-13,16,21-27,29H2,1-5H3,(H2,60,79)(H2,61,80)(H,66,77)(H,67,82)(H,68,81)(H,69,85)(H,70,86)(H,72,83)(H,73,84)(H3,62,63,64)(H2,71,74,88)/t31-,36?,40+,41+,42+,43+,44+,45-,46+,48+/m1/s1. The first kappa shape index (κ1) is 69.7. The first-order chi connectivity index (χ1) is 41.7. The number of aliphatic hydroxyl groups excluding tert-OH is 1. The Kier molecular flexibility index (Phi) is 26.7. The molecule has 1 saturated heterocycles. The van der Waals surface area contributed by atoms with E-state index in [9.17, 15) is 63.0 Å². The highest BCUT2D eigenvalue weighted by atomic mass is 19.1. The number of phenols is 1. The van der Waals surface area contributed by atoms with Crippen LogP contribution >= 0.6 is 0 Å². The van der Waals surface area contributed by atoms with Crippen LogP contribution in [0.4, 0.5) is 9.18 Å². The zero-order valence-corrected chi connectivity index (χ0v) is 50.1. The molecule has 1 aliphatic heterocycles. The van der Waals surface area contributed by atoms with E-state index in [1.54, 1.807) is 20.0 Å². The van der Waals surface area contributed by atoms with E-state index in [0.717, 1.165) is 48.9 Å². The number of amides is 12. The number of hydrogen-bond donors (Lipinski definition) is 16. The van der Waals surface area contributed by atoms with Crippen LogP contribution in [0, 0.1) is 11.8 Å². The van der Waals surface area contributed by atoms with Gasteiger partial charge in [-0.3, -0.25) is 58.4 Å². The molecule has 1 aliphatic carbocycles. The number of primary amides is 2. The number of aliphatic imine (C=N–C) groups is 1. The van der Waals surface area contributed by atoms with Gasteiger partial charge in [-0.15, -0.1) is 0 Å². The van der Waals surface area contributed by atoms with E-state index in [-0.39, 0.29) is 68.6 Å². The number of benzene rings is 2. The van der Waals surface area contributed by atoms with Crippen LogP contribution in [0.5, 0.6) is 5.75 Å². The number of fused-ring (bicyclic) bond motifs is 1. The molecule has 2 aromatic carbocycles. The molecule has 88 heavy (non-hydrogen) atoms. The number of guanidine groups is 1. The van der Waals surface area contributed by atoms with Gasteiger partial charge in [0.2, 0.25) is 53.2 Å². The SMILES string of the molecule is CN=C(N)NCCC[C@H](NC(=O)[C@H](CC(C)C)NC(=O)NNC(=O)[C@H](CC1CCCCC1)NC(=O)[C@@H](NC(=O)[C@H](CC(N)=O)NC(=O)[C@@H]1CC(F)CN1C(=O)[C@@H](Cc1ccc(O)cc1)NC(C)=O)[C@@H](C)O)C(=O)N[C@@H](Cc1c[nH]c2ccccc12)C(N)=O. The van der Waals surface area contributed by atoms with Crippen LogP contribution in [-0.2, 0) is 60.8 Å². The summed E-state index contributed by atoms with van der Waals surface area (Å²) in [7, 11) is 1.48. The highest BCUT2D eigenvalue weighted by Gasteiger charge is 2.44. The lowest BCUT2D eigenvalue weighted by molar-refractivity contribution is -0.142. The van der Waals surface area contributed by atoms with Crippen molar-refractivity contribution in [2.24, 2.45) is 34.0 Å². The number of para-hydroxylation sites is 1. The predicted octanol–water partition coefficient (Wildman–Crippen LogP) is -1.70. The fourth-order valence-electron chi connectivity index (χ4n) is 10.6. The smallest absolute Gasteiger partial charge is 0.334 e.